The van der Waals surface area contributed by atoms with Gasteiger partial charge in [0, 0.05) is 28.7 Å². The minimum absolute atomic E-state index is 0.00532. The van der Waals surface area contributed by atoms with E-state index < -0.39 is 65.0 Å². The molecule has 1 aromatic heterocycles. The summed E-state index contributed by atoms with van der Waals surface area (Å²) in [6.07, 6.45) is 0.953. The van der Waals surface area contributed by atoms with E-state index in [0.29, 0.717) is 12.8 Å². The minimum atomic E-state index is -1.33. The average molecular weight is 807 g/mol. The highest BCUT2D eigenvalue weighted by molar-refractivity contribution is 7.16. The van der Waals surface area contributed by atoms with Gasteiger partial charge in [-0.3, -0.25) is 14.4 Å². The number of benzene rings is 1. The van der Waals surface area contributed by atoms with Crippen LogP contribution in [0.4, 0.5) is 4.79 Å². The molecule has 2 unspecified atom stereocenters. The van der Waals surface area contributed by atoms with Crippen LogP contribution in [0.25, 0.3) is 10.4 Å². The SMILES string of the molecule is CC[C@H]1OC(=O)[C@H](C)C(=O)[C@H](C)[C@@H](CC2C[C@@H](N(C)C)C[C@@H](C)O2)[C@@](C)(OCC#Cc2ccc(-c3cccc(OC)c3)s2)C[C@@H](C)C(=O)[C@H](C)C2NC(=O)O[C@@]21C. The Labute approximate surface area is 342 Å². The molecule has 12 atom stereocenters. The molecule has 3 aliphatic rings. The summed E-state index contributed by atoms with van der Waals surface area (Å²) < 4.78 is 30.6. The second-order valence-corrected chi connectivity index (χ2v) is 18.1. The number of fused-ring (bicyclic) bond motifs is 1. The molecule has 2 aromatic rings. The van der Waals surface area contributed by atoms with Gasteiger partial charge < -0.3 is 33.9 Å². The zero-order valence-corrected chi connectivity index (χ0v) is 36.3. The monoisotopic (exact) mass is 806 g/mol. The zero-order valence-electron chi connectivity index (χ0n) is 35.5. The first-order chi connectivity index (χ1) is 26.9. The number of hydrogen-bond acceptors (Lipinski definition) is 11. The first-order valence-corrected chi connectivity index (χ1v) is 21.2. The fraction of sp³-hybridized carbons (Fsp3) is 0.644. The molecule has 4 heterocycles. The van der Waals surface area contributed by atoms with Crippen molar-refractivity contribution in [3.05, 3.63) is 41.3 Å². The number of Topliss-reactive ketones (excluding diaryl/α,β-unsaturated/α-hetero) is 2. The summed E-state index contributed by atoms with van der Waals surface area (Å²) in [5.74, 6) is 2.70. The van der Waals surface area contributed by atoms with Gasteiger partial charge in [-0.25, -0.2) is 4.79 Å². The highest BCUT2D eigenvalue weighted by Crippen LogP contribution is 2.43. The van der Waals surface area contributed by atoms with E-state index in [4.69, 9.17) is 23.7 Å². The van der Waals surface area contributed by atoms with E-state index in [2.05, 4.69) is 43.1 Å². The molecule has 3 saturated heterocycles. The number of nitrogens with zero attached hydrogens (tertiary/aromatic N) is 1. The summed E-state index contributed by atoms with van der Waals surface area (Å²) in [4.78, 5) is 59.8. The number of cyclic esters (lactones) is 1. The van der Waals surface area contributed by atoms with E-state index in [1.807, 2.05) is 64.1 Å². The molecule has 0 saturated carbocycles. The summed E-state index contributed by atoms with van der Waals surface area (Å²) in [5, 5.41) is 2.84. The number of ether oxygens (including phenoxy) is 5. The largest absolute Gasteiger partial charge is 0.497 e. The molecule has 0 bridgehead atoms. The van der Waals surface area contributed by atoms with Gasteiger partial charge in [0.1, 0.15) is 35.9 Å². The second kappa shape index (κ2) is 18.4. The molecule has 12 heteroatoms. The van der Waals surface area contributed by atoms with Gasteiger partial charge in [0.25, 0.3) is 0 Å². The highest BCUT2D eigenvalue weighted by Gasteiger charge is 2.57. The van der Waals surface area contributed by atoms with E-state index in [1.165, 1.54) is 0 Å². The molecule has 3 aliphatic heterocycles. The number of alkyl carbamates (subject to hydrolysis) is 1. The number of amides is 1. The Morgan fingerprint density at radius 3 is 2.40 bits per heavy atom. The van der Waals surface area contributed by atoms with E-state index >= 15 is 0 Å². The smallest absolute Gasteiger partial charge is 0.408 e. The molecule has 57 heavy (non-hydrogen) atoms. The van der Waals surface area contributed by atoms with Crippen molar-refractivity contribution in [3.63, 3.8) is 0 Å². The molecule has 312 valence electrons. The molecule has 3 fully saturated rings. The van der Waals surface area contributed by atoms with Crippen LogP contribution in [0, 0.1) is 41.4 Å². The van der Waals surface area contributed by atoms with Gasteiger partial charge in [0.2, 0.25) is 0 Å². The lowest BCUT2D eigenvalue weighted by atomic mass is 9.68. The second-order valence-electron chi connectivity index (χ2n) is 17.0. The van der Waals surface area contributed by atoms with Gasteiger partial charge in [-0.05, 0) is 110 Å². The number of carbonyl (C=O) groups is 4. The number of ketones is 2. The molecule has 0 aliphatic carbocycles. The Kier molecular flexibility index (Phi) is 14.3. The fourth-order valence-corrected chi connectivity index (χ4v) is 10.2. The first-order valence-electron chi connectivity index (χ1n) is 20.4. The summed E-state index contributed by atoms with van der Waals surface area (Å²) in [6, 6.07) is 11.4. The summed E-state index contributed by atoms with van der Waals surface area (Å²) in [6.45, 7) is 14.7. The van der Waals surface area contributed by atoms with Gasteiger partial charge in [-0.15, -0.1) is 11.3 Å². The van der Waals surface area contributed by atoms with Crippen molar-refractivity contribution in [1.29, 1.82) is 0 Å². The van der Waals surface area contributed by atoms with Crippen LogP contribution in [0.15, 0.2) is 36.4 Å². The van der Waals surface area contributed by atoms with Gasteiger partial charge in [-0.1, -0.05) is 51.7 Å². The number of nitrogens with one attached hydrogen (secondary N) is 1. The Bertz CT molecular complexity index is 1830. The van der Waals surface area contributed by atoms with Crippen LogP contribution in [0.3, 0.4) is 0 Å². The first kappa shape index (κ1) is 44.3. The molecular weight excluding hydrogens is 745 g/mol. The summed E-state index contributed by atoms with van der Waals surface area (Å²) >= 11 is 1.57. The molecule has 1 N–H and O–H groups in total. The van der Waals surface area contributed by atoms with Gasteiger partial charge >= 0.3 is 12.1 Å². The molecule has 1 amide bonds. The van der Waals surface area contributed by atoms with Gasteiger partial charge in [0.15, 0.2) is 5.60 Å². The predicted octanol–water partition coefficient (Wildman–Crippen LogP) is 7.33. The highest BCUT2D eigenvalue weighted by atomic mass is 32.1. The Morgan fingerprint density at radius 2 is 1.72 bits per heavy atom. The van der Waals surface area contributed by atoms with Crippen molar-refractivity contribution in [3.8, 4) is 28.0 Å². The van der Waals surface area contributed by atoms with E-state index in [-0.39, 0.29) is 42.8 Å². The summed E-state index contributed by atoms with van der Waals surface area (Å²) in [5.41, 5.74) is -1.36. The zero-order chi connectivity index (χ0) is 41.8. The van der Waals surface area contributed by atoms with Crippen LogP contribution in [-0.2, 0) is 33.3 Å². The van der Waals surface area contributed by atoms with Gasteiger partial charge in [0.05, 0.1) is 35.8 Å². The lowest BCUT2D eigenvalue weighted by Crippen LogP contribution is -2.57. The number of esters is 1. The van der Waals surface area contributed by atoms with Crippen molar-refractivity contribution in [2.75, 3.05) is 27.8 Å². The maximum absolute atomic E-state index is 14.5. The van der Waals surface area contributed by atoms with Crippen molar-refractivity contribution >= 4 is 35.0 Å². The number of carbonyl (C=O) groups excluding carboxylic acids is 4. The summed E-state index contributed by atoms with van der Waals surface area (Å²) in [7, 11) is 5.79. The van der Waals surface area contributed by atoms with E-state index in [9.17, 15) is 19.2 Å². The predicted molar refractivity (Wildman–Crippen MR) is 220 cm³/mol. The van der Waals surface area contributed by atoms with Crippen molar-refractivity contribution in [1.82, 2.24) is 10.2 Å². The Morgan fingerprint density at radius 1 is 0.982 bits per heavy atom. The van der Waals surface area contributed by atoms with E-state index in [1.54, 1.807) is 39.2 Å². The number of rotatable bonds is 8. The molecule has 0 spiro atoms. The lowest BCUT2D eigenvalue weighted by Gasteiger charge is -2.46. The van der Waals surface area contributed by atoms with Crippen molar-refractivity contribution in [2.24, 2.45) is 29.6 Å². The maximum Gasteiger partial charge on any atom is 0.408 e. The van der Waals surface area contributed by atoms with Crippen LogP contribution in [0.5, 0.6) is 5.75 Å². The third kappa shape index (κ3) is 9.93. The Balaban J connectivity index is 1.52. The van der Waals surface area contributed by atoms with Gasteiger partial charge in [-0.2, -0.15) is 0 Å². The van der Waals surface area contributed by atoms with Crippen molar-refractivity contribution in [2.45, 2.75) is 129 Å². The van der Waals surface area contributed by atoms with Crippen LogP contribution < -0.4 is 10.1 Å². The lowest BCUT2D eigenvalue weighted by molar-refractivity contribution is -0.173. The number of hydrogen-bond donors (Lipinski definition) is 1. The standard InChI is InChI=1S/C45H62N2O9S/c1-12-38-45(8)41(46-43(51)56-45)29(5)39(48)26(2)25-44(7,53-20-14-17-35-18-19-37(57-35)31-15-13-16-33(22-31)52-11)36(28(4)40(49)30(6)42(50)55-38)24-34-23-32(47(9)10)21-27(3)54-34/h13,15-16,18-19,22,26-30,32,34,36,38,41H,12,20-21,23-25H2,1-11H3,(H,46,51)/t26-,27-,28-,29+,30-,32+,34?,36-,38-,41?,44+,45-/m1/s1. The quantitative estimate of drug-likeness (QED) is 0.165. The molecule has 0 radical (unpaired) electrons. The fourth-order valence-electron chi connectivity index (χ4n) is 9.37. The van der Waals surface area contributed by atoms with E-state index in [0.717, 1.165) is 33.9 Å². The topological polar surface area (TPSA) is 130 Å². The molecule has 5 rings (SSSR count). The average Bonchev–Trinajstić information content (AvgIpc) is 3.79. The maximum atomic E-state index is 14.5. The normalized spacial score (nSPS) is 35.3. The number of methoxy groups -OCH3 is 1. The number of thiophene rings is 1. The third-order valence-corrected chi connectivity index (χ3v) is 13.7. The van der Waals surface area contributed by atoms with Crippen LogP contribution in [0.1, 0.15) is 92.4 Å². The van der Waals surface area contributed by atoms with Crippen LogP contribution in [0.2, 0.25) is 0 Å². The van der Waals surface area contributed by atoms with Crippen molar-refractivity contribution < 1.29 is 42.9 Å². The Hall–Kier alpha value is -3.76. The van der Waals surface area contributed by atoms with Crippen LogP contribution in [-0.4, -0.2) is 97.9 Å². The molecule has 11 nitrogen and oxygen atoms in total. The molecule has 1 aromatic carbocycles. The minimum Gasteiger partial charge on any atom is -0.497 e. The third-order valence-electron chi connectivity index (χ3n) is 12.7. The van der Waals surface area contributed by atoms with Crippen LogP contribution >= 0.6 is 11.3 Å². The molecular formula is C45H62N2O9S.